The van der Waals surface area contributed by atoms with Crippen LogP contribution in [0.3, 0.4) is 0 Å². The first-order valence-corrected chi connectivity index (χ1v) is 6.56. The van der Waals surface area contributed by atoms with E-state index in [4.69, 9.17) is 0 Å². The van der Waals surface area contributed by atoms with E-state index < -0.39 is 5.97 Å². The highest BCUT2D eigenvalue weighted by atomic mass is 16.4. The van der Waals surface area contributed by atoms with Crippen LogP contribution in [0.4, 0.5) is 5.69 Å². The molecule has 4 nitrogen and oxygen atoms in total. The molecule has 0 radical (unpaired) electrons. The molecule has 1 rings (SSSR count). The Morgan fingerprint density at radius 1 is 1.39 bits per heavy atom. The molecule has 18 heavy (non-hydrogen) atoms. The summed E-state index contributed by atoms with van der Waals surface area (Å²) in [5, 5.41) is 9.19. The van der Waals surface area contributed by atoms with E-state index in [1.807, 2.05) is 0 Å². The maximum absolute atomic E-state index is 11.2. The number of carboxylic acid groups (broad SMARTS) is 1. The summed E-state index contributed by atoms with van der Waals surface area (Å²) in [4.78, 5) is 17.2. The second-order valence-corrected chi connectivity index (χ2v) is 4.42. The summed E-state index contributed by atoms with van der Waals surface area (Å²) in [5.74, 6) is -0.319. The molecule has 0 atom stereocenters. The molecule has 1 aromatic heterocycles. The highest BCUT2D eigenvalue weighted by molar-refractivity contribution is 5.94. The Kier molecular flexibility index (Phi) is 5.62. The fourth-order valence-electron chi connectivity index (χ4n) is 2.08. The standard InChI is InChI=1S/C14H22N2O2/c1-4-11(5-2)10-16(6-3)13-7-8-15-9-12(13)14(17)18/h7-9,11H,4-6,10H2,1-3H3,(H,17,18). The lowest BCUT2D eigenvalue weighted by Gasteiger charge is -2.28. The number of pyridine rings is 1. The predicted octanol–water partition coefficient (Wildman–Crippen LogP) is 3.04. The van der Waals surface area contributed by atoms with E-state index in [1.54, 1.807) is 12.3 Å². The molecule has 1 aromatic rings. The summed E-state index contributed by atoms with van der Waals surface area (Å²) in [6.45, 7) is 8.10. The number of nitrogens with zero attached hydrogens (tertiary/aromatic N) is 2. The van der Waals surface area contributed by atoms with Crippen molar-refractivity contribution in [2.45, 2.75) is 33.6 Å². The smallest absolute Gasteiger partial charge is 0.339 e. The largest absolute Gasteiger partial charge is 0.478 e. The first kappa shape index (κ1) is 14.5. The van der Waals surface area contributed by atoms with Gasteiger partial charge in [0.25, 0.3) is 0 Å². The molecule has 0 fully saturated rings. The fourth-order valence-corrected chi connectivity index (χ4v) is 2.08. The number of hydrogen-bond donors (Lipinski definition) is 1. The molecule has 0 amide bonds. The van der Waals surface area contributed by atoms with Gasteiger partial charge in [0, 0.05) is 25.5 Å². The van der Waals surface area contributed by atoms with Crippen molar-refractivity contribution < 1.29 is 9.90 Å². The van der Waals surface area contributed by atoms with Crippen molar-refractivity contribution >= 4 is 11.7 Å². The quantitative estimate of drug-likeness (QED) is 0.808. The van der Waals surface area contributed by atoms with Crippen molar-refractivity contribution in [3.63, 3.8) is 0 Å². The first-order valence-electron chi connectivity index (χ1n) is 6.56. The summed E-state index contributed by atoms with van der Waals surface area (Å²) < 4.78 is 0. The molecule has 1 N–H and O–H groups in total. The molecule has 0 aliphatic heterocycles. The van der Waals surface area contributed by atoms with Gasteiger partial charge in [-0.05, 0) is 18.9 Å². The van der Waals surface area contributed by atoms with Gasteiger partial charge in [0.1, 0.15) is 5.56 Å². The van der Waals surface area contributed by atoms with Crippen LogP contribution in [-0.2, 0) is 0 Å². The Morgan fingerprint density at radius 2 is 2.06 bits per heavy atom. The van der Waals surface area contributed by atoms with Crippen molar-refractivity contribution in [2.24, 2.45) is 5.92 Å². The third kappa shape index (κ3) is 3.45. The molecule has 1 heterocycles. The first-order chi connectivity index (χ1) is 8.63. The zero-order valence-corrected chi connectivity index (χ0v) is 11.4. The molecular weight excluding hydrogens is 228 g/mol. The van der Waals surface area contributed by atoms with E-state index in [-0.39, 0.29) is 5.56 Å². The highest BCUT2D eigenvalue weighted by Gasteiger charge is 2.17. The van der Waals surface area contributed by atoms with Crippen LogP contribution in [0, 0.1) is 5.92 Å². The van der Waals surface area contributed by atoms with E-state index in [2.05, 4.69) is 30.7 Å². The van der Waals surface area contributed by atoms with Crippen LogP contribution in [-0.4, -0.2) is 29.1 Å². The van der Waals surface area contributed by atoms with Crippen LogP contribution in [0.15, 0.2) is 18.5 Å². The van der Waals surface area contributed by atoms with E-state index in [0.29, 0.717) is 5.92 Å². The van der Waals surface area contributed by atoms with Gasteiger partial charge < -0.3 is 10.0 Å². The van der Waals surface area contributed by atoms with Gasteiger partial charge in [-0.3, -0.25) is 4.98 Å². The van der Waals surface area contributed by atoms with Gasteiger partial charge in [0.15, 0.2) is 0 Å². The maximum Gasteiger partial charge on any atom is 0.339 e. The summed E-state index contributed by atoms with van der Waals surface area (Å²) in [6, 6.07) is 1.79. The Bertz CT molecular complexity index is 389. The molecule has 100 valence electrons. The molecule has 0 saturated heterocycles. The number of carbonyl (C=O) groups is 1. The molecule has 0 bridgehead atoms. The molecule has 0 aromatic carbocycles. The number of carboxylic acids is 1. The van der Waals surface area contributed by atoms with Crippen molar-refractivity contribution in [3.05, 3.63) is 24.0 Å². The second-order valence-electron chi connectivity index (χ2n) is 4.42. The topological polar surface area (TPSA) is 53.4 Å². The Labute approximate surface area is 109 Å². The maximum atomic E-state index is 11.2. The summed E-state index contributed by atoms with van der Waals surface area (Å²) in [5.41, 5.74) is 1.05. The van der Waals surface area contributed by atoms with Crippen LogP contribution in [0.1, 0.15) is 44.0 Å². The molecule has 0 saturated carbocycles. The predicted molar refractivity (Wildman–Crippen MR) is 73.2 cm³/mol. The molecule has 4 heteroatoms. The normalized spacial score (nSPS) is 10.7. The van der Waals surface area contributed by atoms with Gasteiger partial charge >= 0.3 is 5.97 Å². The van der Waals surface area contributed by atoms with Gasteiger partial charge in [-0.25, -0.2) is 4.79 Å². The minimum atomic E-state index is -0.916. The molecule has 0 spiro atoms. The average molecular weight is 250 g/mol. The Morgan fingerprint density at radius 3 is 2.56 bits per heavy atom. The number of aromatic nitrogens is 1. The van der Waals surface area contributed by atoms with Gasteiger partial charge in [0.05, 0.1) is 5.69 Å². The van der Waals surface area contributed by atoms with E-state index in [1.165, 1.54) is 6.20 Å². The fraction of sp³-hybridized carbons (Fsp3) is 0.571. The van der Waals surface area contributed by atoms with E-state index in [0.717, 1.165) is 31.6 Å². The Balaban J connectivity index is 2.97. The number of aromatic carboxylic acids is 1. The minimum absolute atomic E-state index is 0.283. The number of rotatable bonds is 7. The van der Waals surface area contributed by atoms with Gasteiger partial charge in [-0.1, -0.05) is 26.7 Å². The summed E-state index contributed by atoms with van der Waals surface area (Å²) >= 11 is 0. The second kappa shape index (κ2) is 6.99. The number of hydrogen-bond acceptors (Lipinski definition) is 3. The van der Waals surface area contributed by atoms with Crippen LogP contribution in [0.2, 0.25) is 0 Å². The third-order valence-electron chi connectivity index (χ3n) is 3.38. The molecule has 0 unspecified atom stereocenters. The summed E-state index contributed by atoms with van der Waals surface area (Å²) in [7, 11) is 0. The van der Waals surface area contributed by atoms with Gasteiger partial charge in [-0.15, -0.1) is 0 Å². The zero-order chi connectivity index (χ0) is 13.5. The van der Waals surface area contributed by atoms with Crippen molar-refractivity contribution in [1.82, 2.24) is 4.98 Å². The van der Waals surface area contributed by atoms with Crippen molar-refractivity contribution in [3.8, 4) is 0 Å². The Hall–Kier alpha value is -1.58. The lowest BCUT2D eigenvalue weighted by atomic mass is 10.0. The lowest BCUT2D eigenvalue weighted by molar-refractivity contribution is 0.0697. The minimum Gasteiger partial charge on any atom is -0.478 e. The van der Waals surface area contributed by atoms with E-state index in [9.17, 15) is 9.90 Å². The zero-order valence-electron chi connectivity index (χ0n) is 11.4. The highest BCUT2D eigenvalue weighted by Crippen LogP contribution is 2.22. The van der Waals surface area contributed by atoms with E-state index >= 15 is 0 Å². The monoisotopic (exact) mass is 250 g/mol. The van der Waals surface area contributed by atoms with Crippen molar-refractivity contribution in [1.29, 1.82) is 0 Å². The molecular formula is C14H22N2O2. The van der Waals surface area contributed by atoms with Crippen LogP contribution in [0.25, 0.3) is 0 Å². The molecule has 0 aliphatic carbocycles. The van der Waals surface area contributed by atoms with Crippen LogP contribution < -0.4 is 4.90 Å². The van der Waals surface area contributed by atoms with Gasteiger partial charge in [0.2, 0.25) is 0 Å². The SMILES string of the molecule is CCC(CC)CN(CC)c1ccncc1C(=O)O. The van der Waals surface area contributed by atoms with Crippen LogP contribution >= 0.6 is 0 Å². The van der Waals surface area contributed by atoms with Crippen LogP contribution in [0.5, 0.6) is 0 Å². The van der Waals surface area contributed by atoms with Crippen molar-refractivity contribution in [2.75, 3.05) is 18.0 Å². The number of anilines is 1. The lowest BCUT2D eigenvalue weighted by Crippen LogP contribution is -2.30. The van der Waals surface area contributed by atoms with Gasteiger partial charge in [-0.2, -0.15) is 0 Å². The average Bonchev–Trinajstić information content (AvgIpc) is 2.40. The third-order valence-corrected chi connectivity index (χ3v) is 3.38. The summed E-state index contributed by atoms with van der Waals surface area (Å²) in [6.07, 6.45) is 5.30. The molecule has 0 aliphatic rings.